The molecule has 20 heavy (non-hydrogen) atoms. The fraction of sp³-hybridized carbons (Fsp3) is 0.882. The number of fused-ring (bicyclic) bond motifs is 1. The van der Waals surface area contributed by atoms with Crippen LogP contribution in [0.3, 0.4) is 0 Å². The van der Waals surface area contributed by atoms with Gasteiger partial charge in [0.05, 0.1) is 11.2 Å². The second-order valence-electron chi connectivity index (χ2n) is 7.42. The van der Waals surface area contributed by atoms with Crippen molar-refractivity contribution < 1.29 is 15.3 Å². The third-order valence-electron chi connectivity index (χ3n) is 5.82. The van der Waals surface area contributed by atoms with Gasteiger partial charge in [-0.25, -0.2) is 0 Å². The van der Waals surface area contributed by atoms with Gasteiger partial charge in [-0.3, -0.25) is 0 Å². The molecule has 3 heteroatoms. The summed E-state index contributed by atoms with van der Waals surface area (Å²) in [6.45, 7) is 8.25. The largest absolute Gasteiger partial charge is 0.396 e. The zero-order chi connectivity index (χ0) is 15.0. The zero-order valence-electron chi connectivity index (χ0n) is 12.9. The number of hydrogen-bond acceptors (Lipinski definition) is 3. The van der Waals surface area contributed by atoms with Gasteiger partial charge in [0.25, 0.3) is 0 Å². The molecule has 3 N–H and O–H groups in total. The van der Waals surface area contributed by atoms with Crippen LogP contribution in [-0.4, -0.2) is 33.1 Å². The summed E-state index contributed by atoms with van der Waals surface area (Å²) in [7, 11) is 0. The van der Waals surface area contributed by atoms with E-state index >= 15 is 0 Å². The summed E-state index contributed by atoms with van der Waals surface area (Å²) in [6.07, 6.45) is 5.97. The minimum Gasteiger partial charge on any atom is -0.396 e. The van der Waals surface area contributed by atoms with Crippen molar-refractivity contribution in [1.29, 1.82) is 0 Å². The van der Waals surface area contributed by atoms with E-state index < -0.39 is 11.2 Å². The number of rotatable bonds is 4. The summed E-state index contributed by atoms with van der Waals surface area (Å²) >= 11 is 0. The molecule has 3 nitrogen and oxygen atoms in total. The fourth-order valence-electron chi connectivity index (χ4n) is 4.39. The molecule has 5 atom stereocenters. The Morgan fingerprint density at radius 2 is 1.70 bits per heavy atom. The second-order valence-corrected chi connectivity index (χ2v) is 7.42. The van der Waals surface area contributed by atoms with Gasteiger partial charge < -0.3 is 15.3 Å². The Morgan fingerprint density at radius 1 is 1.10 bits per heavy atom. The SMILES string of the molecule is C=C(CCCO)[C@H]1CC[C@@](C)(O)[C@H]2CC[C@](C)(O)[C@H]2C1. The maximum atomic E-state index is 10.8. The number of aliphatic hydroxyl groups excluding tert-OH is 1. The van der Waals surface area contributed by atoms with Crippen molar-refractivity contribution in [2.24, 2.45) is 17.8 Å². The summed E-state index contributed by atoms with van der Waals surface area (Å²) in [6, 6.07) is 0. The monoisotopic (exact) mass is 282 g/mol. The Bertz CT molecular complexity index is 359. The highest BCUT2D eigenvalue weighted by Crippen LogP contribution is 2.53. The molecule has 0 aromatic carbocycles. The highest BCUT2D eigenvalue weighted by atomic mass is 16.3. The van der Waals surface area contributed by atoms with E-state index in [-0.39, 0.29) is 18.4 Å². The van der Waals surface area contributed by atoms with Gasteiger partial charge in [-0.05, 0) is 76.5 Å². The molecule has 0 aromatic heterocycles. The predicted molar refractivity (Wildman–Crippen MR) is 80.3 cm³/mol. The Kier molecular flexibility index (Phi) is 4.63. The van der Waals surface area contributed by atoms with E-state index in [1.165, 1.54) is 5.57 Å². The first-order valence-corrected chi connectivity index (χ1v) is 8.01. The van der Waals surface area contributed by atoms with E-state index in [9.17, 15) is 10.2 Å². The van der Waals surface area contributed by atoms with E-state index in [0.29, 0.717) is 5.92 Å². The second kappa shape index (κ2) is 5.78. The van der Waals surface area contributed by atoms with Crippen LogP contribution in [0, 0.1) is 17.8 Å². The number of aliphatic hydroxyl groups is 3. The van der Waals surface area contributed by atoms with Crippen LogP contribution in [-0.2, 0) is 0 Å². The Balaban J connectivity index is 2.14. The molecule has 0 unspecified atom stereocenters. The van der Waals surface area contributed by atoms with Crippen LogP contribution in [0.4, 0.5) is 0 Å². The van der Waals surface area contributed by atoms with E-state index in [0.717, 1.165) is 44.9 Å². The lowest BCUT2D eigenvalue weighted by molar-refractivity contribution is -0.0539. The quantitative estimate of drug-likeness (QED) is 0.695. The summed E-state index contributed by atoms with van der Waals surface area (Å²) in [4.78, 5) is 0. The Labute approximate surface area is 122 Å². The molecule has 2 rings (SSSR count). The number of hydrogen-bond donors (Lipinski definition) is 3. The van der Waals surface area contributed by atoms with Crippen LogP contribution in [0.1, 0.15) is 58.8 Å². The lowest BCUT2D eigenvalue weighted by Gasteiger charge is -2.35. The molecule has 116 valence electrons. The third kappa shape index (κ3) is 3.10. The average molecular weight is 282 g/mol. The molecule has 0 saturated heterocycles. The molecule has 2 aliphatic rings. The minimum absolute atomic E-state index is 0.163. The van der Waals surface area contributed by atoms with Gasteiger partial charge >= 0.3 is 0 Å². The predicted octanol–water partition coefficient (Wildman–Crippen LogP) is 2.64. The topological polar surface area (TPSA) is 60.7 Å². The zero-order valence-corrected chi connectivity index (χ0v) is 12.9. The molecule has 0 amide bonds. The Morgan fingerprint density at radius 3 is 2.35 bits per heavy atom. The van der Waals surface area contributed by atoms with E-state index in [4.69, 9.17) is 5.11 Å². The molecule has 0 aromatic rings. The van der Waals surface area contributed by atoms with E-state index in [1.54, 1.807) is 0 Å². The normalized spacial score (nSPS) is 45.0. The smallest absolute Gasteiger partial charge is 0.0651 e. The van der Waals surface area contributed by atoms with Crippen LogP contribution in [0.25, 0.3) is 0 Å². The standard InChI is InChI=1S/C17H30O3/c1-12(5-4-10-18)13-6-8-16(2,19)14-7-9-17(3,20)15(14)11-13/h13-15,18-20H,1,4-11H2,2-3H3/t13-,14-,15-,16+,17-/m0/s1. The van der Waals surface area contributed by atoms with Gasteiger partial charge in [0, 0.05) is 6.61 Å². The first-order valence-electron chi connectivity index (χ1n) is 8.01. The van der Waals surface area contributed by atoms with Crippen LogP contribution >= 0.6 is 0 Å². The van der Waals surface area contributed by atoms with Crippen LogP contribution in [0.5, 0.6) is 0 Å². The fourth-order valence-corrected chi connectivity index (χ4v) is 4.39. The van der Waals surface area contributed by atoms with Crippen molar-refractivity contribution >= 4 is 0 Å². The highest BCUT2D eigenvalue weighted by molar-refractivity contribution is 5.09. The molecule has 2 saturated carbocycles. The van der Waals surface area contributed by atoms with E-state index in [2.05, 4.69) is 6.58 Å². The molecule has 2 aliphatic carbocycles. The van der Waals surface area contributed by atoms with Crippen molar-refractivity contribution in [3.05, 3.63) is 12.2 Å². The Hall–Kier alpha value is -0.380. The average Bonchev–Trinajstić information content (AvgIpc) is 2.58. The lowest BCUT2D eigenvalue weighted by atomic mass is 9.75. The van der Waals surface area contributed by atoms with Crippen molar-refractivity contribution in [1.82, 2.24) is 0 Å². The molecule has 2 fully saturated rings. The molecule has 0 heterocycles. The molecule has 0 spiro atoms. The van der Waals surface area contributed by atoms with Crippen molar-refractivity contribution in [3.63, 3.8) is 0 Å². The molecular weight excluding hydrogens is 252 g/mol. The van der Waals surface area contributed by atoms with Crippen molar-refractivity contribution in [3.8, 4) is 0 Å². The summed E-state index contributed by atoms with van der Waals surface area (Å²) in [5.74, 6) is 0.733. The molecular formula is C17H30O3. The first-order chi connectivity index (χ1) is 9.28. The van der Waals surface area contributed by atoms with Gasteiger partial charge in [0.1, 0.15) is 0 Å². The van der Waals surface area contributed by atoms with Crippen LogP contribution < -0.4 is 0 Å². The molecule has 0 aliphatic heterocycles. The van der Waals surface area contributed by atoms with Gasteiger partial charge in [0.2, 0.25) is 0 Å². The third-order valence-corrected chi connectivity index (χ3v) is 5.82. The molecule has 0 bridgehead atoms. The number of allylic oxidation sites excluding steroid dienone is 1. The maximum Gasteiger partial charge on any atom is 0.0651 e. The van der Waals surface area contributed by atoms with Gasteiger partial charge in [-0.1, -0.05) is 12.2 Å². The van der Waals surface area contributed by atoms with Crippen molar-refractivity contribution in [2.45, 2.75) is 70.0 Å². The minimum atomic E-state index is -0.669. The lowest BCUT2D eigenvalue weighted by Crippen LogP contribution is -2.40. The maximum absolute atomic E-state index is 10.8. The van der Waals surface area contributed by atoms with Crippen molar-refractivity contribution in [2.75, 3.05) is 6.61 Å². The van der Waals surface area contributed by atoms with Gasteiger partial charge in [0.15, 0.2) is 0 Å². The van der Waals surface area contributed by atoms with Crippen LogP contribution in [0.15, 0.2) is 12.2 Å². The van der Waals surface area contributed by atoms with Gasteiger partial charge in [-0.2, -0.15) is 0 Å². The highest BCUT2D eigenvalue weighted by Gasteiger charge is 2.52. The summed E-state index contributed by atoms with van der Waals surface area (Å²) < 4.78 is 0. The summed E-state index contributed by atoms with van der Waals surface area (Å²) in [5.41, 5.74) is -0.149. The summed E-state index contributed by atoms with van der Waals surface area (Å²) in [5, 5.41) is 30.4. The van der Waals surface area contributed by atoms with Gasteiger partial charge in [-0.15, -0.1) is 0 Å². The van der Waals surface area contributed by atoms with E-state index in [1.807, 2.05) is 13.8 Å². The molecule has 0 radical (unpaired) electrons. The first kappa shape index (κ1) is 16.0. The van der Waals surface area contributed by atoms with Crippen LogP contribution in [0.2, 0.25) is 0 Å².